The zero-order valence-corrected chi connectivity index (χ0v) is 9.71. The second kappa shape index (κ2) is 4.99. The number of likely N-dealkylation sites (tertiary alicyclic amines) is 1. The maximum atomic E-state index is 2.71. The molecule has 78 valence electrons. The zero-order chi connectivity index (χ0) is 9.84. The summed E-state index contributed by atoms with van der Waals surface area (Å²) in [6, 6.07) is 0.838. The van der Waals surface area contributed by atoms with Gasteiger partial charge < -0.3 is 0 Å². The lowest BCUT2D eigenvalue weighted by atomic mass is 9.90. The van der Waals surface area contributed by atoms with Crippen molar-refractivity contribution in [3.8, 4) is 0 Å². The van der Waals surface area contributed by atoms with Crippen LogP contribution >= 0.6 is 0 Å². The molecule has 0 aromatic rings. The lowest BCUT2D eigenvalue weighted by Gasteiger charge is -2.39. The molecule has 1 heteroatoms. The number of piperidine rings is 1. The van der Waals surface area contributed by atoms with Gasteiger partial charge in [0, 0.05) is 19.1 Å². The minimum absolute atomic E-state index is 0.838. The normalized spacial score (nSPS) is 31.2. The number of nitrogens with zero attached hydrogens (tertiary/aromatic N) is 1. The van der Waals surface area contributed by atoms with Crippen molar-refractivity contribution in [2.45, 2.75) is 53.0 Å². The molecule has 1 aliphatic rings. The molecule has 1 fully saturated rings. The highest BCUT2D eigenvalue weighted by Crippen LogP contribution is 2.24. The monoisotopic (exact) mass is 183 g/mol. The molecule has 0 unspecified atom stereocenters. The second-order valence-corrected chi connectivity index (χ2v) is 4.87. The van der Waals surface area contributed by atoms with E-state index in [0.29, 0.717) is 0 Å². The van der Waals surface area contributed by atoms with E-state index in [-0.39, 0.29) is 0 Å². The van der Waals surface area contributed by atoms with Crippen molar-refractivity contribution >= 4 is 0 Å². The minimum atomic E-state index is 0.838. The van der Waals surface area contributed by atoms with E-state index >= 15 is 0 Å². The highest BCUT2D eigenvalue weighted by Gasteiger charge is 2.25. The summed E-state index contributed by atoms with van der Waals surface area (Å²) < 4.78 is 0. The molecule has 0 spiro atoms. The smallest absolute Gasteiger partial charge is 0.00902 e. The molecule has 0 amide bonds. The summed E-state index contributed by atoms with van der Waals surface area (Å²) in [6.07, 6.45) is 4.06. The average Bonchev–Trinajstić information content (AvgIpc) is 2.04. The lowest BCUT2D eigenvalue weighted by Crippen LogP contribution is -2.44. The maximum Gasteiger partial charge on any atom is 0.00902 e. The fourth-order valence-corrected chi connectivity index (χ4v) is 2.81. The Morgan fingerprint density at radius 3 is 1.92 bits per heavy atom. The van der Waals surface area contributed by atoms with E-state index in [4.69, 9.17) is 0 Å². The molecule has 0 aromatic heterocycles. The van der Waals surface area contributed by atoms with Crippen LogP contribution in [0, 0.1) is 11.8 Å². The van der Waals surface area contributed by atoms with Crippen LogP contribution in [0.1, 0.15) is 47.0 Å². The maximum absolute atomic E-state index is 2.71. The molecular formula is C12H25N. The Labute approximate surface area is 83.5 Å². The van der Waals surface area contributed by atoms with Crippen molar-refractivity contribution in [2.24, 2.45) is 11.8 Å². The van der Waals surface area contributed by atoms with Crippen LogP contribution in [0.15, 0.2) is 0 Å². The van der Waals surface area contributed by atoms with Crippen LogP contribution in [0.5, 0.6) is 0 Å². The van der Waals surface area contributed by atoms with Crippen LogP contribution in [0.25, 0.3) is 0 Å². The van der Waals surface area contributed by atoms with Gasteiger partial charge in [-0.3, -0.25) is 4.90 Å². The van der Waals surface area contributed by atoms with E-state index in [0.717, 1.165) is 17.9 Å². The molecule has 1 aliphatic heterocycles. The van der Waals surface area contributed by atoms with E-state index in [2.05, 4.69) is 32.6 Å². The van der Waals surface area contributed by atoms with Crippen molar-refractivity contribution in [3.05, 3.63) is 0 Å². The standard InChI is InChI=1S/C12H25N/c1-5-12(6-2)13-8-10(3)7-11(4)9-13/h10-12H,5-9H2,1-4H3/t10-,11-/m0/s1. The highest BCUT2D eigenvalue weighted by atomic mass is 15.2. The number of hydrogen-bond donors (Lipinski definition) is 0. The summed E-state index contributed by atoms with van der Waals surface area (Å²) in [5.74, 6) is 1.81. The molecule has 0 aromatic carbocycles. The average molecular weight is 183 g/mol. The molecule has 13 heavy (non-hydrogen) atoms. The molecule has 1 rings (SSSR count). The van der Waals surface area contributed by atoms with Gasteiger partial charge in [0.15, 0.2) is 0 Å². The van der Waals surface area contributed by atoms with Gasteiger partial charge in [-0.05, 0) is 31.1 Å². The first-order valence-corrected chi connectivity index (χ1v) is 5.91. The predicted molar refractivity (Wildman–Crippen MR) is 58.9 cm³/mol. The second-order valence-electron chi connectivity index (χ2n) is 4.87. The molecule has 0 radical (unpaired) electrons. The minimum Gasteiger partial charge on any atom is -0.300 e. The summed E-state index contributed by atoms with van der Waals surface area (Å²) in [4.78, 5) is 2.71. The van der Waals surface area contributed by atoms with Crippen LogP contribution < -0.4 is 0 Å². The van der Waals surface area contributed by atoms with Gasteiger partial charge in [-0.15, -0.1) is 0 Å². The van der Waals surface area contributed by atoms with Gasteiger partial charge in [-0.1, -0.05) is 27.7 Å². The third-order valence-corrected chi connectivity index (χ3v) is 3.36. The number of hydrogen-bond acceptors (Lipinski definition) is 1. The van der Waals surface area contributed by atoms with Crippen LogP contribution in [0.4, 0.5) is 0 Å². The fourth-order valence-electron chi connectivity index (χ4n) is 2.81. The Balaban J connectivity index is 2.48. The Kier molecular flexibility index (Phi) is 4.24. The van der Waals surface area contributed by atoms with Gasteiger partial charge in [-0.25, -0.2) is 0 Å². The van der Waals surface area contributed by atoms with Crippen molar-refractivity contribution in [1.29, 1.82) is 0 Å². The van der Waals surface area contributed by atoms with E-state index in [1.54, 1.807) is 0 Å². The third-order valence-electron chi connectivity index (χ3n) is 3.36. The van der Waals surface area contributed by atoms with Crippen molar-refractivity contribution in [3.63, 3.8) is 0 Å². The topological polar surface area (TPSA) is 3.24 Å². The molecule has 1 heterocycles. The Bertz CT molecular complexity index is 130. The highest BCUT2D eigenvalue weighted by molar-refractivity contribution is 4.79. The Morgan fingerprint density at radius 1 is 1.08 bits per heavy atom. The Hall–Kier alpha value is -0.0400. The van der Waals surface area contributed by atoms with Crippen molar-refractivity contribution in [1.82, 2.24) is 4.90 Å². The molecule has 0 aliphatic carbocycles. The fraction of sp³-hybridized carbons (Fsp3) is 1.00. The van der Waals surface area contributed by atoms with Gasteiger partial charge in [0.05, 0.1) is 0 Å². The molecule has 1 saturated heterocycles. The molecule has 1 nitrogen and oxygen atoms in total. The molecule has 0 bridgehead atoms. The SMILES string of the molecule is CCC(CC)N1C[C@@H](C)C[C@H](C)C1. The number of rotatable bonds is 3. The van der Waals surface area contributed by atoms with Gasteiger partial charge in [0.1, 0.15) is 0 Å². The van der Waals surface area contributed by atoms with Gasteiger partial charge in [0.2, 0.25) is 0 Å². The lowest BCUT2D eigenvalue weighted by molar-refractivity contribution is 0.0909. The summed E-state index contributed by atoms with van der Waals surface area (Å²) in [6.45, 7) is 12.1. The van der Waals surface area contributed by atoms with Crippen LogP contribution in [0.3, 0.4) is 0 Å². The van der Waals surface area contributed by atoms with Crippen LogP contribution in [-0.4, -0.2) is 24.0 Å². The quantitative estimate of drug-likeness (QED) is 0.649. The van der Waals surface area contributed by atoms with Gasteiger partial charge in [-0.2, -0.15) is 0 Å². The first kappa shape index (κ1) is 11.0. The largest absolute Gasteiger partial charge is 0.300 e. The summed E-state index contributed by atoms with van der Waals surface area (Å²) in [5.41, 5.74) is 0. The van der Waals surface area contributed by atoms with Crippen molar-refractivity contribution in [2.75, 3.05) is 13.1 Å². The Morgan fingerprint density at radius 2 is 1.54 bits per heavy atom. The van der Waals surface area contributed by atoms with Crippen LogP contribution in [0.2, 0.25) is 0 Å². The molecule has 0 N–H and O–H groups in total. The van der Waals surface area contributed by atoms with E-state index in [1.165, 1.54) is 32.4 Å². The predicted octanol–water partition coefficient (Wildman–Crippen LogP) is 3.15. The first-order chi connectivity index (χ1) is 6.17. The van der Waals surface area contributed by atoms with E-state index in [1.807, 2.05) is 0 Å². The summed E-state index contributed by atoms with van der Waals surface area (Å²) in [7, 11) is 0. The van der Waals surface area contributed by atoms with Crippen LogP contribution in [-0.2, 0) is 0 Å². The molecular weight excluding hydrogens is 158 g/mol. The third kappa shape index (κ3) is 2.98. The van der Waals surface area contributed by atoms with Gasteiger partial charge in [0.25, 0.3) is 0 Å². The molecule has 0 saturated carbocycles. The van der Waals surface area contributed by atoms with Gasteiger partial charge >= 0.3 is 0 Å². The van der Waals surface area contributed by atoms with E-state index in [9.17, 15) is 0 Å². The zero-order valence-electron chi connectivity index (χ0n) is 9.71. The first-order valence-electron chi connectivity index (χ1n) is 5.91. The van der Waals surface area contributed by atoms with Crippen molar-refractivity contribution < 1.29 is 0 Å². The molecule has 2 atom stereocenters. The summed E-state index contributed by atoms with van der Waals surface area (Å²) >= 11 is 0. The van der Waals surface area contributed by atoms with E-state index < -0.39 is 0 Å². The summed E-state index contributed by atoms with van der Waals surface area (Å²) in [5, 5.41) is 0.